The SMILES string of the molecule is CCCCCCOC(=O)NC1OC1c1ccc(NCc2nc3cc(C(=O)OCC)ccc3n2C)cc1. The number of carbonyl (C=O) groups is 2. The highest BCUT2D eigenvalue weighted by molar-refractivity contribution is 5.93. The van der Waals surface area contributed by atoms with Crippen LogP contribution < -0.4 is 10.6 Å². The van der Waals surface area contributed by atoms with Gasteiger partial charge in [-0.15, -0.1) is 0 Å². The second-order valence-electron chi connectivity index (χ2n) is 8.80. The summed E-state index contributed by atoms with van der Waals surface area (Å²) >= 11 is 0. The average Bonchev–Trinajstić information content (AvgIpc) is 3.57. The van der Waals surface area contributed by atoms with Crippen LogP contribution >= 0.6 is 0 Å². The van der Waals surface area contributed by atoms with Gasteiger partial charge in [-0.25, -0.2) is 14.6 Å². The van der Waals surface area contributed by atoms with Gasteiger partial charge in [0.2, 0.25) is 0 Å². The lowest BCUT2D eigenvalue weighted by Gasteiger charge is -2.08. The van der Waals surface area contributed by atoms with Crippen molar-refractivity contribution in [2.75, 3.05) is 18.5 Å². The summed E-state index contributed by atoms with van der Waals surface area (Å²) in [7, 11) is 1.95. The minimum absolute atomic E-state index is 0.167. The highest BCUT2D eigenvalue weighted by Crippen LogP contribution is 2.37. The molecule has 1 aromatic heterocycles. The first-order valence-electron chi connectivity index (χ1n) is 12.5. The lowest BCUT2D eigenvalue weighted by molar-refractivity contribution is 0.0526. The van der Waals surface area contributed by atoms with Gasteiger partial charge in [0.25, 0.3) is 0 Å². The number of aromatic nitrogens is 2. The van der Waals surface area contributed by atoms with Crippen molar-refractivity contribution in [2.45, 2.75) is 58.4 Å². The van der Waals surface area contributed by atoms with Gasteiger partial charge in [0.15, 0.2) is 6.23 Å². The number of carbonyl (C=O) groups excluding carboxylic acids is 2. The molecule has 2 heterocycles. The normalized spacial score (nSPS) is 16.5. The van der Waals surface area contributed by atoms with Crippen LogP contribution in [0.5, 0.6) is 0 Å². The Hall–Kier alpha value is -3.59. The Bertz CT molecular complexity index is 1190. The molecule has 2 aromatic carbocycles. The van der Waals surface area contributed by atoms with Crippen molar-refractivity contribution in [1.82, 2.24) is 14.9 Å². The summed E-state index contributed by atoms with van der Waals surface area (Å²) in [5.74, 6) is 0.499. The molecule has 4 rings (SSSR count). The highest BCUT2D eigenvalue weighted by atomic mass is 16.6. The molecule has 1 fully saturated rings. The number of nitrogens with zero attached hydrogens (tertiary/aromatic N) is 2. The number of hydrogen-bond donors (Lipinski definition) is 2. The number of rotatable bonds is 12. The second-order valence-corrected chi connectivity index (χ2v) is 8.80. The summed E-state index contributed by atoms with van der Waals surface area (Å²) < 4.78 is 17.9. The number of imidazole rings is 1. The van der Waals surface area contributed by atoms with Crippen LogP contribution in [-0.4, -0.2) is 41.1 Å². The number of hydrogen-bond acceptors (Lipinski definition) is 7. The van der Waals surface area contributed by atoms with Gasteiger partial charge in [-0.05, 0) is 49.2 Å². The summed E-state index contributed by atoms with van der Waals surface area (Å²) in [4.78, 5) is 28.6. The van der Waals surface area contributed by atoms with Crippen LogP contribution in [0.4, 0.5) is 10.5 Å². The van der Waals surface area contributed by atoms with Gasteiger partial charge in [0.1, 0.15) is 11.9 Å². The Labute approximate surface area is 211 Å². The largest absolute Gasteiger partial charge is 0.462 e. The molecule has 1 amide bonds. The van der Waals surface area contributed by atoms with Gasteiger partial charge in [0.05, 0.1) is 36.4 Å². The zero-order valence-electron chi connectivity index (χ0n) is 21.1. The van der Waals surface area contributed by atoms with Crippen molar-refractivity contribution >= 4 is 28.8 Å². The third-order valence-electron chi connectivity index (χ3n) is 6.16. The minimum atomic E-state index is -0.436. The molecule has 3 aromatic rings. The molecule has 1 aliphatic rings. The first-order valence-corrected chi connectivity index (χ1v) is 12.5. The highest BCUT2D eigenvalue weighted by Gasteiger charge is 2.41. The molecule has 2 unspecified atom stereocenters. The summed E-state index contributed by atoms with van der Waals surface area (Å²) in [6, 6.07) is 13.3. The summed E-state index contributed by atoms with van der Waals surface area (Å²) in [5.41, 5.74) is 4.11. The van der Waals surface area contributed by atoms with Crippen molar-refractivity contribution in [2.24, 2.45) is 7.05 Å². The van der Waals surface area contributed by atoms with E-state index in [2.05, 4.69) is 22.5 Å². The maximum atomic E-state index is 12.0. The molecule has 9 nitrogen and oxygen atoms in total. The van der Waals surface area contributed by atoms with E-state index in [0.29, 0.717) is 25.3 Å². The van der Waals surface area contributed by atoms with Gasteiger partial charge in [-0.3, -0.25) is 5.32 Å². The number of alkyl carbamates (subject to hydrolysis) is 1. The number of benzene rings is 2. The molecule has 2 atom stereocenters. The molecule has 0 spiro atoms. The maximum absolute atomic E-state index is 12.0. The van der Waals surface area contributed by atoms with Gasteiger partial charge in [-0.1, -0.05) is 38.3 Å². The van der Waals surface area contributed by atoms with E-state index in [4.69, 9.17) is 14.2 Å². The molecule has 0 aliphatic carbocycles. The third-order valence-corrected chi connectivity index (χ3v) is 6.16. The van der Waals surface area contributed by atoms with Crippen LogP contribution in [0.15, 0.2) is 42.5 Å². The number of ether oxygens (including phenoxy) is 3. The molecule has 36 heavy (non-hydrogen) atoms. The molecule has 9 heteroatoms. The molecule has 1 saturated heterocycles. The monoisotopic (exact) mass is 494 g/mol. The number of nitrogens with one attached hydrogen (secondary N) is 2. The number of amides is 1. The zero-order valence-corrected chi connectivity index (χ0v) is 21.1. The molecule has 2 N–H and O–H groups in total. The number of aryl methyl sites for hydroxylation is 1. The molecule has 0 saturated carbocycles. The van der Waals surface area contributed by atoms with Crippen LogP contribution in [0.2, 0.25) is 0 Å². The van der Waals surface area contributed by atoms with E-state index in [1.165, 1.54) is 0 Å². The van der Waals surface area contributed by atoms with Gasteiger partial charge in [-0.2, -0.15) is 0 Å². The fraction of sp³-hybridized carbons (Fsp3) is 0.444. The average molecular weight is 495 g/mol. The second kappa shape index (κ2) is 11.9. The standard InChI is InChI=1S/C27H34N4O5/c1-4-6-7-8-15-35-27(33)30-25-24(36-25)18-9-12-20(13-10-18)28-17-23-29-21-16-19(26(32)34-5-2)11-14-22(21)31(23)3/h9-14,16,24-25,28H,4-8,15,17H2,1-3H3,(H,30,33). The Balaban J connectivity index is 1.26. The van der Waals surface area contributed by atoms with Crippen LogP contribution in [0.25, 0.3) is 11.0 Å². The number of esters is 1. The zero-order chi connectivity index (χ0) is 25.5. The van der Waals surface area contributed by atoms with Crippen LogP contribution in [0, 0.1) is 0 Å². The molecule has 192 valence electrons. The Morgan fingerprint density at radius 1 is 1.06 bits per heavy atom. The molecule has 1 aliphatic heterocycles. The van der Waals surface area contributed by atoms with E-state index < -0.39 is 6.09 Å². The van der Waals surface area contributed by atoms with Crippen LogP contribution in [-0.2, 0) is 27.8 Å². The number of unbranched alkanes of at least 4 members (excludes halogenated alkanes) is 3. The van der Waals surface area contributed by atoms with E-state index in [1.807, 2.05) is 41.9 Å². The van der Waals surface area contributed by atoms with E-state index >= 15 is 0 Å². The molecule has 0 bridgehead atoms. The fourth-order valence-corrected chi connectivity index (χ4v) is 4.05. The van der Waals surface area contributed by atoms with E-state index in [1.54, 1.807) is 19.1 Å². The van der Waals surface area contributed by atoms with Crippen molar-refractivity contribution in [3.63, 3.8) is 0 Å². The Morgan fingerprint density at radius 2 is 1.86 bits per heavy atom. The summed E-state index contributed by atoms with van der Waals surface area (Å²) in [6.45, 7) is 5.22. The van der Waals surface area contributed by atoms with E-state index in [0.717, 1.165) is 53.8 Å². The van der Waals surface area contributed by atoms with Gasteiger partial charge >= 0.3 is 12.1 Å². The molecular weight excluding hydrogens is 460 g/mol. The summed E-state index contributed by atoms with van der Waals surface area (Å²) in [6.07, 6.45) is 3.30. The smallest absolute Gasteiger partial charge is 0.409 e. The predicted octanol–water partition coefficient (Wildman–Crippen LogP) is 5.07. The van der Waals surface area contributed by atoms with Crippen LogP contribution in [0.1, 0.15) is 67.4 Å². The maximum Gasteiger partial charge on any atom is 0.409 e. The molecule has 0 radical (unpaired) electrons. The Kier molecular flexibility index (Phi) is 8.43. The number of fused-ring (bicyclic) bond motifs is 1. The predicted molar refractivity (Wildman–Crippen MR) is 137 cm³/mol. The Morgan fingerprint density at radius 3 is 2.61 bits per heavy atom. The van der Waals surface area contributed by atoms with Crippen molar-refractivity contribution in [1.29, 1.82) is 0 Å². The van der Waals surface area contributed by atoms with Crippen molar-refractivity contribution < 1.29 is 23.8 Å². The lowest BCUT2D eigenvalue weighted by Crippen LogP contribution is -2.27. The van der Waals surface area contributed by atoms with Gasteiger partial charge in [0, 0.05) is 12.7 Å². The van der Waals surface area contributed by atoms with Crippen molar-refractivity contribution in [3.05, 3.63) is 59.4 Å². The number of anilines is 1. The number of epoxide rings is 1. The summed E-state index contributed by atoms with van der Waals surface area (Å²) in [5, 5.41) is 6.13. The van der Waals surface area contributed by atoms with Crippen molar-refractivity contribution in [3.8, 4) is 0 Å². The van der Waals surface area contributed by atoms with E-state index in [-0.39, 0.29) is 18.3 Å². The third kappa shape index (κ3) is 6.34. The van der Waals surface area contributed by atoms with Crippen LogP contribution in [0.3, 0.4) is 0 Å². The first-order chi connectivity index (χ1) is 17.5. The lowest BCUT2D eigenvalue weighted by atomic mass is 10.1. The minimum Gasteiger partial charge on any atom is -0.462 e. The molecular formula is C27H34N4O5. The quantitative estimate of drug-likeness (QED) is 0.206. The fourth-order valence-electron chi connectivity index (χ4n) is 4.05. The topological polar surface area (TPSA) is 107 Å². The first kappa shape index (κ1) is 25.5. The van der Waals surface area contributed by atoms with Gasteiger partial charge < -0.3 is 24.1 Å². The van der Waals surface area contributed by atoms with E-state index in [9.17, 15) is 9.59 Å².